The normalized spacial score (nSPS) is 29.1. The summed E-state index contributed by atoms with van der Waals surface area (Å²) >= 11 is 0. The fourth-order valence-electron chi connectivity index (χ4n) is 3.34. The summed E-state index contributed by atoms with van der Waals surface area (Å²) < 4.78 is 5.63. The molecule has 118 valence electrons. The van der Waals surface area contributed by atoms with Crippen LogP contribution in [0.1, 0.15) is 47.5 Å². The van der Waals surface area contributed by atoms with Crippen LogP contribution in [0.5, 0.6) is 0 Å². The van der Waals surface area contributed by atoms with Crippen LogP contribution in [0.15, 0.2) is 22.8 Å². The van der Waals surface area contributed by atoms with Crippen LogP contribution in [0.2, 0.25) is 0 Å². The van der Waals surface area contributed by atoms with Crippen molar-refractivity contribution in [3.63, 3.8) is 0 Å². The summed E-state index contributed by atoms with van der Waals surface area (Å²) in [6.45, 7) is 10.1. The second-order valence-electron chi connectivity index (χ2n) is 7.16. The van der Waals surface area contributed by atoms with Gasteiger partial charge in [0, 0.05) is 12.0 Å². The number of allylic oxidation sites excluding steroid dienone is 3. The van der Waals surface area contributed by atoms with Gasteiger partial charge in [-0.15, -0.1) is 12.3 Å². The molecule has 2 aliphatic carbocycles. The van der Waals surface area contributed by atoms with E-state index >= 15 is 0 Å². The Bertz CT molecular complexity index is 609. The van der Waals surface area contributed by atoms with Crippen LogP contribution in [0.25, 0.3) is 0 Å². The monoisotopic (exact) mass is 300 g/mol. The highest BCUT2D eigenvalue weighted by Crippen LogP contribution is 2.60. The van der Waals surface area contributed by atoms with Gasteiger partial charge in [-0.1, -0.05) is 25.5 Å². The average Bonchev–Trinajstić information content (AvgIpc) is 2.83. The molecular weight excluding hydrogens is 276 g/mol. The Morgan fingerprint density at radius 2 is 2.09 bits per heavy atom. The molecule has 2 aliphatic rings. The fourth-order valence-corrected chi connectivity index (χ4v) is 3.34. The number of rotatable bonds is 4. The molecule has 0 spiro atoms. The number of ether oxygens (including phenoxy) is 1. The molecule has 0 aromatic carbocycles. The van der Waals surface area contributed by atoms with Crippen molar-refractivity contribution in [1.29, 1.82) is 0 Å². The van der Waals surface area contributed by atoms with Crippen molar-refractivity contribution in [2.45, 2.75) is 53.6 Å². The Labute approximate surface area is 132 Å². The maximum Gasteiger partial charge on any atom is 0.310 e. The zero-order chi connectivity index (χ0) is 16.7. The molecule has 2 rings (SSSR count). The molecule has 3 nitrogen and oxygen atoms in total. The van der Waals surface area contributed by atoms with E-state index < -0.39 is 6.10 Å². The lowest BCUT2D eigenvalue weighted by Gasteiger charge is -2.13. The van der Waals surface area contributed by atoms with Gasteiger partial charge in [0.25, 0.3) is 0 Å². The molecule has 3 atom stereocenters. The molecule has 0 aromatic heterocycles. The molecule has 1 fully saturated rings. The molecule has 22 heavy (non-hydrogen) atoms. The van der Waals surface area contributed by atoms with Crippen molar-refractivity contribution in [3.05, 3.63) is 22.8 Å². The van der Waals surface area contributed by atoms with E-state index in [2.05, 4.69) is 25.8 Å². The van der Waals surface area contributed by atoms with Gasteiger partial charge in [-0.05, 0) is 37.7 Å². The topological polar surface area (TPSA) is 43.4 Å². The first-order valence-electron chi connectivity index (χ1n) is 7.72. The largest absolute Gasteiger partial charge is 0.457 e. The highest BCUT2D eigenvalue weighted by molar-refractivity contribution is 6.00. The number of hydrogen-bond acceptors (Lipinski definition) is 3. The number of Topliss-reactive ketones (excluding diaryl/α,β-unsaturated/α-hetero) is 1. The molecule has 3 heteroatoms. The molecule has 0 aliphatic heterocycles. The van der Waals surface area contributed by atoms with Crippen LogP contribution < -0.4 is 0 Å². The Morgan fingerprint density at radius 3 is 2.64 bits per heavy atom. The second-order valence-corrected chi connectivity index (χ2v) is 7.16. The van der Waals surface area contributed by atoms with Gasteiger partial charge in [0.1, 0.15) is 6.10 Å². The number of esters is 1. The van der Waals surface area contributed by atoms with Crippen molar-refractivity contribution in [3.8, 4) is 12.3 Å². The predicted molar refractivity (Wildman–Crippen MR) is 85.8 cm³/mol. The van der Waals surface area contributed by atoms with Crippen LogP contribution >= 0.6 is 0 Å². The van der Waals surface area contributed by atoms with Gasteiger partial charge < -0.3 is 4.74 Å². The summed E-state index contributed by atoms with van der Waals surface area (Å²) in [6, 6.07) is 0. The number of carbonyl (C=O) groups excluding carboxylic acids is 2. The summed E-state index contributed by atoms with van der Waals surface area (Å²) in [5, 5.41) is 0. The lowest BCUT2D eigenvalue weighted by molar-refractivity contribution is -0.150. The molecule has 0 radical (unpaired) electrons. The third-order valence-corrected chi connectivity index (χ3v) is 4.88. The Hall–Kier alpha value is -1.82. The second kappa shape index (κ2) is 5.76. The molecule has 1 saturated carbocycles. The summed E-state index contributed by atoms with van der Waals surface area (Å²) in [4.78, 5) is 24.4. The average molecular weight is 300 g/mol. The van der Waals surface area contributed by atoms with Gasteiger partial charge in [0.15, 0.2) is 5.78 Å². The zero-order valence-corrected chi connectivity index (χ0v) is 14.0. The standard InChI is InChI=1S/C19H24O3/c1-7-8-13-12(4)16(10-15(13)20)22-18(21)17-14(9-11(2)3)19(17,5)6/h1,9,14,16-17H,8,10H2,2-6H3/t14-,16?,17?/m0/s1. The van der Waals surface area contributed by atoms with E-state index in [1.807, 2.05) is 20.8 Å². The van der Waals surface area contributed by atoms with Gasteiger partial charge in [0.2, 0.25) is 0 Å². The number of hydrogen-bond donors (Lipinski definition) is 0. The molecular formula is C19H24O3. The quantitative estimate of drug-likeness (QED) is 0.454. The van der Waals surface area contributed by atoms with Crippen LogP contribution in [-0.4, -0.2) is 17.9 Å². The van der Waals surface area contributed by atoms with E-state index in [9.17, 15) is 9.59 Å². The van der Waals surface area contributed by atoms with Crippen molar-refractivity contribution in [1.82, 2.24) is 0 Å². The zero-order valence-electron chi connectivity index (χ0n) is 14.0. The summed E-state index contributed by atoms with van der Waals surface area (Å²) in [6.07, 6.45) is 7.53. The molecule has 0 N–H and O–H groups in total. The summed E-state index contributed by atoms with van der Waals surface area (Å²) in [5.41, 5.74) is 2.58. The van der Waals surface area contributed by atoms with Crippen molar-refractivity contribution in [2.75, 3.05) is 0 Å². The smallest absolute Gasteiger partial charge is 0.310 e. The minimum Gasteiger partial charge on any atom is -0.457 e. The number of ketones is 1. The number of carbonyl (C=O) groups is 2. The minimum atomic E-state index is -0.438. The number of terminal acetylenes is 1. The van der Waals surface area contributed by atoms with Crippen molar-refractivity contribution in [2.24, 2.45) is 17.3 Å². The van der Waals surface area contributed by atoms with Crippen LogP contribution in [-0.2, 0) is 14.3 Å². The van der Waals surface area contributed by atoms with Gasteiger partial charge in [-0.3, -0.25) is 9.59 Å². The molecule has 0 saturated heterocycles. The van der Waals surface area contributed by atoms with E-state index in [1.54, 1.807) is 0 Å². The van der Waals surface area contributed by atoms with Gasteiger partial charge in [-0.25, -0.2) is 0 Å². The summed E-state index contributed by atoms with van der Waals surface area (Å²) in [5.74, 6) is 2.39. The van der Waals surface area contributed by atoms with Gasteiger partial charge in [0.05, 0.1) is 12.3 Å². The van der Waals surface area contributed by atoms with Crippen LogP contribution in [0.3, 0.4) is 0 Å². The van der Waals surface area contributed by atoms with Crippen LogP contribution in [0.4, 0.5) is 0 Å². The molecule has 0 heterocycles. The fraction of sp³-hybridized carbons (Fsp3) is 0.579. The van der Waals surface area contributed by atoms with Gasteiger partial charge in [-0.2, -0.15) is 0 Å². The van der Waals surface area contributed by atoms with E-state index in [-0.39, 0.29) is 35.4 Å². The maximum atomic E-state index is 12.5. The molecule has 0 aromatic rings. The third-order valence-electron chi connectivity index (χ3n) is 4.88. The van der Waals surface area contributed by atoms with E-state index in [4.69, 9.17) is 11.2 Å². The Morgan fingerprint density at radius 1 is 1.45 bits per heavy atom. The first-order chi connectivity index (χ1) is 10.2. The molecule has 0 bridgehead atoms. The molecule has 0 amide bonds. The maximum absolute atomic E-state index is 12.5. The van der Waals surface area contributed by atoms with Gasteiger partial charge >= 0.3 is 5.97 Å². The first-order valence-corrected chi connectivity index (χ1v) is 7.72. The third kappa shape index (κ3) is 2.88. The lowest BCUT2D eigenvalue weighted by atomic mass is 10.1. The Kier molecular flexibility index (Phi) is 4.33. The summed E-state index contributed by atoms with van der Waals surface area (Å²) in [7, 11) is 0. The van der Waals surface area contributed by atoms with E-state index in [0.717, 1.165) is 5.57 Å². The van der Waals surface area contributed by atoms with Crippen LogP contribution in [0, 0.1) is 29.6 Å². The first kappa shape index (κ1) is 16.5. The van der Waals surface area contributed by atoms with E-state index in [0.29, 0.717) is 12.0 Å². The highest BCUT2D eigenvalue weighted by Gasteiger charge is 2.61. The Balaban J connectivity index is 2.07. The predicted octanol–water partition coefficient (Wildman–Crippen LogP) is 3.45. The van der Waals surface area contributed by atoms with E-state index in [1.165, 1.54) is 5.57 Å². The SMILES string of the molecule is C#CCC1=C(C)C(OC(=O)C2[C@H](C=C(C)C)C2(C)C)CC1=O. The van der Waals surface area contributed by atoms with Crippen molar-refractivity contribution >= 4 is 11.8 Å². The molecule has 2 unspecified atom stereocenters. The highest BCUT2D eigenvalue weighted by atomic mass is 16.5. The van der Waals surface area contributed by atoms with Crippen molar-refractivity contribution < 1.29 is 14.3 Å². The minimum absolute atomic E-state index is 0.00385. The lowest BCUT2D eigenvalue weighted by Crippen LogP contribution is -2.20.